The second kappa shape index (κ2) is 10.3. The first-order valence-corrected chi connectivity index (χ1v) is 11.0. The molecule has 4 aromatic rings. The first-order chi connectivity index (χ1) is 15.6. The zero-order valence-electron chi connectivity index (χ0n) is 16.8. The highest BCUT2D eigenvalue weighted by Crippen LogP contribution is 2.30. The smallest absolute Gasteiger partial charge is 0.210 e. The largest absolute Gasteiger partial charge is 0.489 e. The quantitative estimate of drug-likeness (QED) is 0.281. The maximum Gasteiger partial charge on any atom is 0.210 e. The van der Waals surface area contributed by atoms with Crippen molar-refractivity contribution in [2.45, 2.75) is 24.1 Å². The average molecular weight is 472 g/mol. The van der Waals surface area contributed by atoms with E-state index in [1.54, 1.807) is 18.5 Å². The Morgan fingerprint density at radius 2 is 1.88 bits per heavy atom. The molecule has 2 N–H and O–H groups in total. The molecule has 0 aliphatic carbocycles. The molecular formula is C22H19ClFN5O2S. The molecule has 2 aromatic heterocycles. The third kappa shape index (κ3) is 5.68. The van der Waals surface area contributed by atoms with Gasteiger partial charge in [0.2, 0.25) is 5.16 Å². The lowest BCUT2D eigenvalue weighted by Crippen LogP contribution is -2.15. The number of nitrogens with zero attached hydrogens (tertiary/aromatic N) is 4. The van der Waals surface area contributed by atoms with Crippen LogP contribution in [0.15, 0.2) is 72.1 Å². The summed E-state index contributed by atoms with van der Waals surface area (Å²) in [6, 6.07) is 15.0. The summed E-state index contributed by atoms with van der Waals surface area (Å²) < 4.78 is 25.9. The predicted octanol–water partition coefficient (Wildman–Crippen LogP) is 4.63. The molecular weight excluding hydrogens is 453 g/mol. The fourth-order valence-corrected chi connectivity index (χ4v) is 3.82. The Kier molecular flexibility index (Phi) is 7.08. The number of ether oxygens (including phenoxy) is 2. The summed E-state index contributed by atoms with van der Waals surface area (Å²) in [7, 11) is 0. The molecule has 0 amide bonds. The molecule has 0 spiro atoms. The lowest BCUT2D eigenvalue weighted by molar-refractivity contribution is 0.291. The van der Waals surface area contributed by atoms with Crippen molar-refractivity contribution in [1.29, 1.82) is 0 Å². The number of thioether (sulfide) groups is 1. The van der Waals surface area contributed by atoms with Crippen LogP contribution < -0.4 is 15.3 Å². The molecule has 7 nitrogen and oxygen atoms in total. The molecule has 0 saturated carbocycles. The van der Waals surface area contributed by atoms with E-state index in [1.807, 2.05) is 24.3 Å². The van der Waals surface area contributed by atoms with E-state index < -0.39 is 0 Å². The maximum atomic E-state index is 13.0. The molecule has 2 heterocycles. The molecule has 10 heteroatoms. The van der Waals surface area contributed by atoms with E-state index in [2.05, 4.69) is 15.2 Å². The van der Waals surface area contributed by atoms with Crippen molar-refractivity contribution in [3.8, 4) is 11.5 Å². The van der Waals surface area contributed by atoms with Crippen LogP contribution in [0.25, 0.3) is 0 Å². The van der Waals surface area contributed by atoms with Gasteiger partial charge < -0.3 is 15.3 Å². The molecule has 32 heavy (non-hydrogen) atoms. The van der Waals surface area contributed by atoms with Gasteiger partial charge in [0.05, 0.1) is 0 Å². The zero-order chi connectivity index (χ0) is 22.3. The van der Waals surface area contributed by atoms with Gasteiger partial charge in [-0.15, -0.1) is 10.2 Å². The number of hydrogen-bond donors (Lipinski definition) is 1. The number of nitrogen functional groups attached to an aromatic ring is 1. The van der Waals surface area contributed by atoms with E-state index in [0.29, 0.717) is 39.9 Å². The van der Waals surface area contributed by atoms with E-state index in [1.165, 1.54) is 40.7 Å². The number of pyridine rings is 1. The lowest BCUT2D eigenvalue weighted by atomic mass is 10.2. The first kappa shape index (κ1) is 21.9. The Labute approximate surface area is 193 Å². The molecule has 0 radical (unpaired) electrons. The highest BCUT2D eigenvalue weighted by molar-refractivity contribution is 7.98. The summed E-state index contributed by atoms with van der Waals surface area (Å²) in [5.74, 6) is 7.99. The number of halogens is 2. The van der Waals surface area contributed by atoms with Gasteiger partial charge in [0.1, 0.15) is 30.5 Å². The van der Waals surface area contributed by atoms with E-state index >= 15 is 0 Å². The Morgan fingerprint density at radius 1 is 1.03 bits per heavy atom. The second-order valence-electron chi connectivity index (χ2n) is 6.70. The van der Waals surface area contributed by atoms with E-state index in [9.17, 15) is 4.39 Å². The van der Waals surface area contributed by atoms with Gasteiger partial charge in [-0.3, -0.25) is 4.98 Å². The third-order valence-corrected chi connectivity index (χ3v) is 5.64. The monoisotopic (exact) mass is 471 g/mol. The number of aromatic nitrogens is 4. The topological polar surface area (TPSA) is 88.1 Å². The molecule has 164 valence electrons. The third-order valence-electron chi connectivity index (χ3n) is 4.41. The van der Waals surface area contributed by atoms with Crippen molar-refractivity contribution in [1.82, 2.24) is 19.9 Å². The highest BCUT2D eigenvalue weighted by atomic mass is 35.5. The molecule has 2 aromatic carbocycles. The number of nitrogens with two attached hydrogens (primary N) is 1. The average Bonchev–Trinajstić information content (AvgIpc) is 3.16. The molecule has 0 bridgehead atoms. The standard InChI is InChI=1S/C22H19ClFN5O2S/c23-17-3-8-20(31-12-15-2-1-9-26-11-15)16(10-17)14-32-22-28-27-21(29(22)25)13-30-19-6-4-18(24)5-7-19/h1-11H,12-14,25H2. The van der Waals surface area contributed by atoms with Crippen molar-refractivity contribution < 1.29 is 13.9 Å². The molecule has 0 aliphatic rings. The van der Waals surface area contributed by atoms with Gasteiger partial charge in [-0.05, 0) is 48.5 Å². The van der Waals surface area contributed by atoms with E-state index in [-0.39, 0.29) is 12.4 Å². The summed E-state index contributed by atoms with van der Waals surface area (Å²) in [4.78, 5) is 4.10. The summed E-state index contributed by atoms with van der Waals surface area (Å²) >= 11 is 7.59. The molecule has 0 saturated heterocycles. The van der Waals surface area contributed by atoms with Crippen LogP contribution in [0.3, 0.4) is 0 Å². The van der Waals surface area contributed by atoms with Crippen LogP contribution in [-0.2, 0) is 19.0 Å². The zero-order valence-corrected chi connectivity index (χ0v) is 18.4. The Hall–Kier alpha value is -3.30. The van der Waals surface area contributed by atoms with E-state index in [0.717, 1.165) is 11.1 Å². The normalized spacial score (nSPS) is 10.8. The minimum atomic E-state index is -0.331. The van der Waals surface area contributed by atoms with Crippen LogP contribution in [-0.4, -0.2) is 19.9 Å². The Bertz CT molecular complexity index is 1170. The van der Waals surface area contributed by atoms with Crippen molar-refractivity contribution in [3.05, 3.63) is 94.8 Å². The first-order valence-electron chi connectivity index (χ1n) is 9.59. The molecule has 4 rings (SSSR count). The predicted molar refractivity (Wildman–Crippen MR) is 120 cm³/mol. The van der Waals surface area contributed by atoms with Crippen LogP contribution >= 0.6 is 23.4 Å². The van der Waals surface area contributed by atoms with Crippen molar-refractivity contribution in [3.63, 3.8) is 0 Å². The van der Waals surface area contributed by atoms with Crippen LogP contribution in [0.5, 0.6) is 11.5 Å². The van der Waals surface area contributed by atoms with Gasteiger partial charge in [0, 0.05) is 34.3 Å². The molecule has 0 atom stereocenters. The molecule has 0 fully saturated rings. The number of benzene rings is 2. The summed E-state index contributed by atoms with van der Waals surface area (Å²) in [6.45, 7) is 0.497. The van der Waals surface area contributed by atoms with Crippen molar-refractivity contribution in [2.75, 3.05) is 5.84 Å². The Morgan fingerprint density at radius 3 is 2.66 bits per heavy atom. The SMILES string of the molecule is Nn1c(COc2ccc(F)cc2)nnc1SCc1cc(Cl)ccc1OCc1cccnc1. The van der Waals surface area contributed by atoms with Gasteiger partial charge in [-0.1, -0.05) is 29.4 Å². The van der Waals surface area contributed by atoms with E-state index in [4.69, 9.17) is 26.9 Å². The van der Waals surface area contributed by atoms with Gasteiger partial charge in [0.15, 0.2) is 5.82 Å². The van der Waals surface area contributed by atoms with Crippen LogP contribution in [0.1, 0.15) is 17.0 Å². The van der Waals surface area contributed by atoms with Crippen LogP contribution in [0.4, 0.5) is 4.39 Å². The summed E-state index contributed by atoms with van der Waals surface area (Å²) in [5, 5.41) is 9.34. The van der Waals surface area contributed by atoms with Crippen LogP contribution in [0.2, 0.25) is 5.02 Å². The van der Waals surface area contributed by atoms with Gasteiger partial charge in [-0.2, -0.15) is 0 Å². The Balaban J connectivity index is 1.39. The summed E-state index contributed by atoms with van der Waals surface area (Å²) in [5.41, 5.74) is 1.87. The maximum absolute atomic E-state index is 13.0. The van der Waals surface area contributed by atoms with Gasteiger partial charge in [0.25, 0.3) is 0 Å². The highest BCUT2D eigenvalue weighted by Gasteiger charge is 2.13. The minimum Gasteiger partial charge on any atom is -0.489 e. The fraction of sp³-hybridized carbons (Fsp3) is 0.136. The van der Waals surface area contributed by atoms with Crippen LogP contribution in [0, 0.1) is 5.82 Å². The fourth-order valence-electron chi connectivity index (χ4n) is 2.77. The van der Waals surface area contributed by atoms with Gasteiger partial charge in [-0.25, -0.2) is 9.07 Å². The number of hydrogen-bond acceptors (Lipinski definition) is 7. The van der Waals surface area contributed by atoms with Crippen molar-refractivity contribution in [2.24, 2.45) is 0 Å². The molecule has 0 unspecified atom stereocenters. The van der Waals surface area contributed by atoms with Gasteiger partial charge >= 0.3 is 0 Å². The number of rotatable bonds is 9. The lowest BCUT2D eigenvalue weighted by Gasteiger charge is -2.12. The summed E-state index contributed by atoms with van der Waals surface area (Å²) in [6.07, 6.45) is 3.48. The van der Waals surface area contributed by atoms with Crippen molar-refractivity contribution >= 4 is 23.4 Å². The minimum absolute atomic E-state index is 0.104. The molecule has 0 aliphatic heterocycles. The second-order valence-corrected chi connectivity index (χ2v) is 8.08.